The molecule has 1 N–H and O–H groups in total. The van der Waals surface area contributed by atoms with Crippen LogP contribution in [0.15, 0.2) is 29.1 Å². The second kappa shape index (κ2) is 9.68. The number of fused-ring (bicyclic) bond motifs is 2. The maximum absolute atomic E-state index is 13.8. The van der Waals surface area contributed by atoms with Crippen LogP contribution in [0.4, 0.5) is 4.39 Å². The predicted octanol–water partition coefficient (Wildman–Crippen LogP) is 3.78. The molecule has 7 nitrogen and oxygen atoms in total. The van der Waals surface area contributed by atoms with Crippen molar-refractivity contribution in [3.05, 3.63) is 63.1 Å². The van der Waals surface area contributed by atoms with Crippen LogP contribution in [0, 0.1) is 5.82 Å². The number of amides is 1. The highest BCUT2D eigenvalue weighted by atomic mass is 19.1. The molecule has 1 unspecified atom stereocenters. The highest BCUT2D eigenvalue weighted by Gasteiger charge is 2.31. The van der Waals surface area contributed by atoms with E-state index < -0.39 is 23.1 Å². The minimum atomic E-state index is -0.654. The first-order valence-electron chi connectivity index (χ1n) is 11.4. The van der Waals surface area contributed by atoms with E-state index in [1.165, 1.54) is 16.7 Å². The number of allylic oxidation sites excluding steroid dienone is 1. The maximum Gasteiger partial charge on any atom is 0.296 e. The van der Waals surface area contributed by atoms with E-state index in [-0.39, 0.29) is 23.8 Å². The summed E-state index contributed by atoms with van der Waals surface area (Å²) >= 11 is 0. The number of carbonyl (C=O) groups is 2. The van der Waals surface area contributed by atoms with Crippen LogP contribution < -0.4 is 5.56 Å². The van der Waals surface area contributed by atoms with Crippen molar-refractivity contribution in [2.45, 2.75) is 64.0 Å². The summed E-state index contributed by atoms with van der Waals surface area (Å²) in [6, 6.07) is 3.96. The van der Waals surface area contributed by atoms with Crippen LogP contribution in [0.1, 0.15) is 78.4 Å². The molecule has 0 spiro atoms. The molecule has 4 rings (SSSR count). The molecule has 1 amide bonds. The van der Waals surface area contributed by atoms with Gasteiger partial charge in [0.15, 0.2) is 11.5 Å². The Balaban J connectivity index is 1.79. The molecular weight excluding hydrogens is 425 g/mol. The van der Waals surface area contributed by atoms with Crippen LogP contribution in [0.25, 0.3) is 6.08 Å². The molecule has 0 radical (unpaired) electrons. The summed E-state index contributed by atoms with van der Waals surface area (Å²) in [5.41, 5.74) is 0.540. The standard InChI is InChI=1S/C25H28FN3O4/c1-28-19-8-5-6-14-29-24(19)27-22(23(32)25(29)33)20(30)13-11-16-10-12-18(26)15-17(16)7-3-2-4-9-21(28)31/h3,7,10,12,15,19,32H,2,4-6,8-9,11,13-14H2,1H3/b7-3+. The van der Waals surface area contributed by atoms with Crippen molar-refractivity contribution in [1.29, 1.82) is 0 Å². The van der Waals surface area contributed by atoms with E-state index in [4.69, 9.17) is 0 Å². The van der Waals surface area contributed by atoms with Gasteiger partial charge in [0.2, 0.25) is 11.7 Å². The van der Waals surface area contributed by atoms with Gasteiger partial charge in [-0.15, -0.1) is 0 Å². The van der Waals surface area contributed by atoms with E-state index in [0.717, 1.165) is 18.4 Å². The van der Waals surface area contributed by atoms with E-state index in [9.17, 15) is 23.9 Å². The lowest BCUT2D eigenvalue weighted by Gasteiger charge is -2.28. The lowest BCUT2D eigenvalue weighted by Crippen LogP contribution is -2.36. The summed E-state index contributed by atoms with van der Waals surface area (Å²) < 4.78 is 15.2. The first-order chi connectivity index (χ1) is 15.9. The molecule has 1 aromatic carbocycles. The number of benzene rings is 1. The van der Waals surface area contributed by atoms with Gasteiger partial charge in [-0.3, -0.25) is 19.0 Å². The fraction of sp³-hybridized carbons (Fsp3) is 0.440. The van der Waals surface area contributed by atoms with Crippen molar-refractivity contribution >= 4 is 17.8 Å². The quantitative estimate of drug-likeness (QED) is 0.655. The average Bonchev–Trinajstić information content (AvgIpc) is 3.01. The third-order valence-electron chi connectivity index (χ3n) is 6.50. The van der Waals surface area contributed by atoms with E-state index in [1.54, 1.807) is 18.0 Å². The molecule has 2 aliphatic heterocycles. The molecule has 33 heavy (non-hydrogen) atoms. The first kappa shape index (κ1) is 22.9. The number of hydrogen-bond acceptors (Lipinski definition) is 5. The van der Waals surface area contributed by atoms with Gasteiger partial charge in [0.05, 0.1) is 6.04 Å². The van der Waals surface area contributed by atoms with Gasteiger partial charge >= 0.3 is 0 Å². The van der Waals surface area contributed by atoms with Crippen molar-refractivity contribution in [3.8, 4) is 5.75 Å². The van der Waals surface area contributed by atoms with Gasteiger partial charge in [-0.2, -0.15) is 0 Å². The molecule has 0 aliphatic carbocycles. The molecule has 1 atom stereocenters. The molecule has 2 aromatic rings. The number of rotatable bonds is 0. The molecular formula is C25H28FN3O4. The summed E-state index contributed by atoms with van der Waals surface area (Å²) in [5, 5.41) is 10.5. The fourth-order valence-corrected chi connectivity index (χ4v) is 4.58. The van der Waals surface area contributed by atoms with Crippen LogP contribution in [0.3, 0.4) is 0 Å². The highest BCUT2D eigenvalue weighted by Crippen LogP contribution is 2.29. The predicted molar refractivity (Wildman–Crippen MR) is 121 cm³/mol. The Hall–Kier alpha value is -3.29. The van der Waals surface area contributed by atoms with Gasteiger partial charge in [-0.25, -0.2) is 9.37 Å². The van der Waals surface area contributed by atoms with E-state index in [2.05, 4.69) is 4.98 Å². The Labute approximate surface area is 191 Å². The molecule has 0 fully saturated rings. The number of ketones is 1. The number of halogens is 1. The van der Waals surface area contributed by atoms with Crippen molar-refractivity contribution < 1.29 is 19.1 Å². The van der Waals surface area contributed by atoms with E-state index in [1.807, 2.05) is 12.2 Å². The van der Waals surface area contributed by atoms with Crippen molar-refractivity contribution in [3.63, 3.8) is 0 Å². The molecule has 0 saturated carbocycles. The maximum atomic E-state index is 13.8. The van der Waals surface area contributed by atoms with Gasteiger partial charge in [0, 0.05) is 26.4 Å². The lowest BCUT2D eigenvalue weighted by molar-refractivity contribution is -0.132. The number of Topliss-reactive ketones (excluding diaryl/α,β-unsaturated/α-hetero) is 1. The number of nitrogens with zero attached hydrogens (tertiary/aromatic N) is 3. The number of carbonyl (C=O) groups excluding carboxylic acids is 2. The topological polar surface area (TPSA) is 92.5 Å². The third-order valence-corrected chi connectivity index (χ3v) is 6.50. The SMILES string of the molecule is CN1C(=O)CCC/C=C/c2cc(F)ccc2CCC(=O)c2nc3n(c(=O)c2O)CCCCC31. The Morgan fingerprint density at radius 3 is 2.73 bits per heavy atom. The number of aryl methyl sites for hydroxylation is 1. The zero-order chi connectivity index (χ0) is 23.5. The van der Waals surface area contributed by atoms with Crippen molar-refractivity contribution in [1.82, 2.24) is 14.5 Å². The first-order valence-corrected chi connectivity index (χ1v) is 11.4. The molecule has 2 aliphatic rings. The largest absolute Gasteiger partial charge is 0.501 e. The van der Waals surface area contributed by atoms with Crippen LogP contribution in [0.5, 0.6) is 5.75 Å². The zero-order valence-electron chi connectivity index (χ0n) is 18.7. The van der Waals surface area contributed by atoms with Crippen LogP contribution in [-0.4, -0.2) is 38.3 Å². The second-order valence-electron chi connectivity index (χ2n) is 8.70. The average molecular weight is 454 g/mol. The summed E-state index contributed by atoms with van der Waals surface area (Å²) in [5.74, 6) is -1.21. The minimum Gasteiger partial charge on any atom is -0.501 e. The fourth-order valence-electron chi connectivity index (χ4n) is 4.58. The summed E-state index contributed by atoms with van der Waals surface area (Å²) in [6.45, 7) is 0.380. The Bertz CT molecular complexity index is 1170. The number of aromatic nitrogens is 2. The zero-order valence-corrected chi connectivity index (χ0v) is 18.7. The van der Waals surface area contributed by atoms with Crippen molar-refractivity contribution in [2.24, 2.45) is 0 Å². The lowest BCUT2D eigenvalue weighted by atomic mass is 9.99. The Morgan fingerprint density at radius 1 is 1.09 bits per heavy atom. The minimum absolute atomic E-state index is 0.00929. The summed E-state index contributed by atoms with van der Waals surface area (Å²) in [6.07, 6.45) is 7.82. The smallest absolute Gasteiger partial charge is 0.296 e. The van der Waals surface area contributed by atoms with E-state index >= 15 is 0 Å². The van der Waals surface area contributed by atoms with Gasteiger partial charge in [0.25, 0.3) is 5.56 Å². The normalized spacial score (nSPS) is 20.8. The van der Waals surface area contributed by atoms with Crippen molar-refractivity contribution in [2.75, 3.05) is 7.05 Å². The number of aromatic hydroxyl groups is 1. The second-order valence-corrected chi connectivity index (χ2v) is 8.70. The molecule has 0 saturated heterocycles. The van der Waals surface area contributed by atoms with Gasteiger partial charge in [-0.1, -0.05) is 18.2 Å². The van der Waals surface area contributed by atoms with Crippen LogP contribution in [0.2, 0.25) is 0 Å². The number of hydrogen-bond donors (Lipinski definition) is 1. The molecule has 174 valence electrons. The molecule has 3 heterocycles. The van der Waals surface area contributed by atoms with E-state index in [0.29, 0.717) is 50.0 Å². The monoisotopic (exact) mass is 453 g/mol. The Morgan fingerprint density at radius 2 is 1.91 bits per heavy atom. The van der Waals surface area contributed by atoms with Crippen LogP contribution in [-0.2, 0) is 17.8 Å². The van der Waals surface area contributed by atoms with Gasteiger partial charge in [-0.05, 0) is 61.8 Å². The van der Waals surface area contributed by atoms with Crippen LogP contribution >= 0.6 is 0 Å². The molecule has 1 aromatic heterocycles. The van der Waals surface area contributed by atoms with Gasteiger partial charge < -0.3 is 10.0 Å². The summed E-state index contributed by atoms with van der Waals surface area (Å²) in [4.78, 5) is 44.9. The highest BCUT2D eigenvalue weighted by molar-refractivity contribution is 5.96. The third kappa shape index (κ3) is 4.74. The summed E-state index contributed by atoms with van der Waals surface area (Å²) in [7, 11) is 1.70. The Kier molecular flexibility index (Phi) is 6.72. The molecule has 8 heteroatoms. The van der Waals surface area contributed by atoms with Gasteiger partial charge in [0.1, 0.15) is 11.6 Å². The molecule has 2 bridgehead atoms.